The van der Waals surface area contributed by atoms with E-state index in [9.17, 15) is 0 Å². The maximum atomic E-state index is 9.07. The first-order valence-corrected chi connectivity index (χ1v) is 5.75. The minimum Gasteiger partial charge on any atom is -0.390 e. The molecule has 0 aliphatic heterocycles. The highest BCUT2D eigenvalue weighted by atomic mass is 32.2. The topological polar surface area (TPSA) is 50.9 Å². The summed E-state index contributed by atoms with van der Waals surface area (Å²) in [7, 11) is 1.89. The molecule has 0 saturated heterocycles. The Labute approximate surface area is 98.4 Å². The average molecular weight is 235 g/mol. The van der Waals surface area contributed by atoms with Crippen LogP contribution in [0.4, 0.5) is 0 Å². The molecule has 0 amide bonds. The summed E-state index contributed by atoms with van der Waals surface area (Å²) >= 11 is 1.51. The third-order valence-electron chi connectivity index (χ3n) is 2.35. The fourth-order valence-corrected chi connectivity index (χ4v) is 2.21. The van der Waals surface area contributed by atoms with Crippen LogP contribution >= 0.6 is 11.8 Å². The monoisotopic (exact) mass is 235 g/mol. The summed E-state index contributed by atoms with van der Waals surface area (Å²) < 4.78 is 1.87. The van der Waals surface area contributed by atoms with E-state index < -0.39 is 0 Å². The Hall–Kier alpha value is -1.33. The lowest BCUT2D eigenvalue weighted by atomic mass is 10.3. The summed E-state index contributed by atoms with van der Waals surface area (Å²) in [6, 6.07) is 3.93. The molecular formula is C11H13N3OS. The predicted octanol–water partition coefficient (Wildman–Crippen LogP) is 1.77. The SMILES string of the molecule is Cc1cccnc1Sc1ncc(CO)n1C. The molecule has 0 aliphatic carbocycles. The molecule has 0 radical (unpaired) electrons. The largest absolute Gasteiger partial charge is 0.390 e. The van der Waals surface area contributed by atoms with Crippen molar-refractivity contribution < 1.29 is 5.11 Å². The molecule has 2 rings (SSSR count). The van der Waals surface area contributed by atoms with E-state index in [-0.39, 0.29) is 6.61 Å². The Morgan fingerprint density at radius 1 is 1.44 bits per heavy atom. The zero-order chi connectivity index (χ0) is 11.5. The van der Waals surface area contributed by atoms with Gasteiger partial charge in [0.2, 0.25) is 0 Å². The molecule has 0 atom stereocenters. The van der Waals surface area contributed by atoms with E-state index in [1.807, 2.05) is 30.7 Å². The number of rotatable bonds is 3. The second-order valence-corrected chi connectivity index (χ2v) is 4.43. The molecule has 2 aromatic rings. The minimum atomic E-state index is 0.00522. The molecule has 0 bridgehead atoms. The summed E-state index contributed by atoms with van der Waals surface area (Å²) in [5, 5.41) is 10.9. The van der Waals surface area contributed by atoms with Crippen LogP contribution in [0.2, 0.25) is 0 Å². The molecule has 16 heavy (non-hydrogen) atoms. The highest BCUT2D eigenvalue weighted by Crippen LogP contribution is 2.27. The number of hydrogen-bond donors (Lipinski definition) is 1. The number of pyridine rings is 1. The zero-order valence-electron chi connectivity index (χ0n) is 9.21. The summed E-state index contributed by atoms with van der Waals surface area (Å²) in [4.78, 5) is 8.55. The Morgan fingerprint density at radius 3 is 2.88 bits per heavy atom. The highest BCUT2D eigenvalue weighted by Gasteiger charge is 2.09. The Bertz CT molecular complexity index is 496. The van der Waals surface area contributed by atoms with E-state index in [1.54, 1.807) is 12.4 Å². The highest BCUT2D eigenvalue weighted by molar-refractivity contribution is 7.99. The fraction of sp³-hybridized carbons (Fsp3) is 0.273. The van der Waals surface area contributed by atoms with E-state index in [0.29, 0.717) is 0 Å². The van der Waals surface area contributed by atoms with Crippen LogP contribution in [0.25, 0.3) is 0 Å². The number of aromatic nitrogens is 3. The number of imidazole rings is 1. The van der Waals surface area contributed by atoms with Gasteiger partial charge in [-0.25, -0.2) is 9.97 Å². The summed E-state index contributed by atoms with van der Waals surface area (Å²) in [6.45, 7) is 2.02. The van der Waals surface area contributed by atoms with Gasteiger partial charge in [0.15, 0.2) is 5.16 Å². The number of aryl methyl sites for hydroxylation is 1. The maximum Gasteiger partial charge on any atom is 0.174 e. The van der Waals surface area contributed by atoms with Gasteiger partial charge in [-0.1, -0.05) is 6.07 Å². The molecule has 0 spiro atoms. The first-order chi connectivity index (χ1) is 7.72. The molecule has 4 nitrogen and oxygen atoms in total. The van der Waals surface area contributed by atoms with Crippen molar-refractivity contribution >= 4 is 11.8 Å². The third kappa shape index (κ3) is 2.10. The molecule has 0 unspecified atom stereocenters. The van der Waals surface area contributed by atoms with Gasteiger partial charge in [-0.3, -0.25) is 0 Å². The lowest BCUT2D eigenvalue weighted by molar-refractivity contribution is 0.271. The Balaban J connectivity index is 2.27. The summed E-state index contributed by atoms with van der Waals surface area (Å²) in [6.07, 6.45) is 3.45. The second kappa shape index (κ2) is 4.67. The van der Waals surface area contributed by atoms with Crippen LogP contribution in [0.15, 0.2) is 34.7 Å². The second-order valence-electron chi connectivity index (χ2n) is 3.48. The number of aliphatic hydroxyl groups is 1. The number of aliphatic hydroxyl groups excluding tert-OH is 1. The van der Waals surface area contributed by atoms with Gasteiger partial charge in [-0.2, -0.15) is 0 Å². The molecule has 1 N–H and O–H groups in total. The van der Waals surface area contributed by atoms with Crippen molar-refractivity contribution in [3.63, 3.8) is 0 Å². The van der Waals surface area contributed by atoms with Crippen molar-refractivity contribution in [1.29, 1.82) is 0 Å². The van der Waals surface area contributed by atoms with Gasteiger partial charge >= 0.3 is 0 Å². The van der Waals surface area contributed by atoms with Gasteiger partial charge in [0.1, 0.15) is 5.03 Å². The van der Waals surface area contributed by atoms with Crippen LogP contribution in [0, 0.1) is 6.92 Å². The van der Waals surface area contributed by atoms with Crippen LogP contribution in [0.5, 0.6) is 0 Å². The van der Waals surface area contributed by atoms with Gasteiger partial charge in [-0.15, -0.1) is 0 Å². The quantitative estimate of drug-likeness (QED) is 0.881. The van der Waals surface area contributed by atoms with E-state index >= 15 is 0 Å². The van der Waals surface area contributed by atoms with Crippen molar-refractivity contribution in [3.05, 3.63) is 35.8 Å². The molecule has 0 aromatic carbocycles. The molecule has 84 valence electrons. The smallest absolute Gasteiger partial charge is 0.174 e. The molecule has 0 aliphatic rings. The van der Waals surface area contributed by atoms with Gasteiger partial charge in [-0.05, 0) is 30.3 Å². The van der Waals surface area contributed by atoms with Crippen LogP contribution < -0.4 is 0 Å². The molecule has 5 heteroatoms. The fourth-order valence-electron chi connectivity index (χ4n) is 1.33. The Morgan fingerprint density at radius 2 is 2.25 bits per heavy atom. The molecule has 2 aromatic heterocycles. The van der Waals surface area contributed by atoms with Gasteiger partial charge < -0.3 is 9.67 Å². The third-order valence-corrected chi connectivity index (χ3v) is 3.54. The average Bonchev–Trinajstić information content (AvgIpc) is 2.63. The van der Waals surface area contributed by atoms with Crippen molar-refractivity contribution in [2.24, 2.45) is 7.05 Å². The maximum absolute atomic E-state index is 9.07. The van der Waals surface area contributed by atoms with Crippen LogP contribution in [-0.4, -0.2) is 19.6 Å². The van der Waals surface area contributed by atoms with Crippen molar-refractivity contribution in [1.82, 2.24) is 14.5 Å². The van der Waals surface area contributed by atoms with E-state index in [4.69, 9.17) is 5.11 Å². The zero-order valence-corrected chi connectivity index (χ0v) is 10.0. The molecule has 2 heterocycles. The van der Waals surface area contributed by atoms with Crippen molar-refractivity contribution in [3.8, 4) is 0 Å². The van der Waals surface area contributed by atoms with Crippen molar-refractivity contribution in [2.45, 2.75) is 23.7 Å². The normalized spacial score (nSPS) is 10.7. The number of nitrogens with zero attached hydrogens (tertiary/aromatic N) is 3. The summed E-state index contributed by atoms with van der Waals surface area (Å²) in [5.74, 6) is 0. The minimum absolute atomic E-state index is 0.00522. The van der Waals surface area contributed by atoms with Crippen molar-refractivity contribution in [2.75, 3.05) is 0 Å². The van der Waals surface area contributed by atoms with Gasteiger partial charge in [0, 0.05) is 13.2 Å². The lowest BCUT2D eigenvalue weighted by Gasteiger charge is -2.04. The van der Waals surface area contributed by atoms with Gasteiger partial charge in [0.05, 0.1) is 18.5 Å². The standard InChI is InChI=1S/C11H13N3OS/c1-8-4-3-5-12-10(8)16-11-13-6-9(7-15)14(11)2/h3-6,15H,7H2,1-2H3. The summed E-state index contributed by atoms with van der Waals surface area (Å²) in [5.41, 5.74) is 1.93. The first kappa shape index (κ1) is 11.2. The van der Waals surface area contributed by atoms with Gasteiger partial charge in [0.25, 0.3) is 0 Å². The number of hydrogen-bond acceptors (Lipinski definition) is 4. The van der Waals surface area contributed by atoms with E-state index in [1.165, 1.54) is 11.8 Å². The predicted molar refractivity (Wildman–Crippen MR) is 62.2 cm³/mol. The van der Waals surface area contributed by atoms with E-state index in [2.05, 4.69) is 9.97 Å². The molecule has 0 fully saturated rings. The molecular weight excluding hydrogens is 222 g/mol. The van der Waals surface area contributed by atoms with Crippen LogP contribution in [0.1, 0.15) is 11.3 Å². The molecule has 0 saturated carbocycles. The first-order valence-electron chi connectivity index (χ1n) is 4.93. The van der Waals surface area contributed by atoms with E-state index in [0.717, 1.165) is 21.4 Å². The van der Waals surface area contributed by atoms with Crippen LogP contribution in [0.3, 0.4) is 0 Å². The lowest BCUT2D eigenvalue weighted by Crippen LogP contribution is -1.97. The Kier molecular flexibility index (Phi) is 3.26. The van der Waals surface area contributed by atoms with Crippen LogP contribution in [-0.2, 0) is 13.7 Å².